The maximum Gasteiger partial charge on any atom is 0.259 e. The van der Waals surface area contributed by atoms with Gasteiger partial charge in [-0.3, -0.25) is 14.5 Å². The van der Waals surface area contributed by atoms with Gasteiger partial charge in [0.05, 0.1) is 0 Å². The third kappa shape index (κ3) is 2.39. The van der Waals surface area contributed by atoms with Gasteiger partial charge in [-0.05, 0) is 60.6 Å². The van der Waals surface area contributed by atoms with Crippen molar-refractivity contribution in [2.24, 2.45) is 5.73 Å². The van der Waals surface area contributed by atoms with Crippen molar-refractivity contribution in [1.29, 1.82) is 0 Å². The van der Waals surface area contributed by atoms with Crippen LogP contribution in [0.1, 0.15) is 39.9 Å². The highest BCUT2D eigenvalue weighted by Gasteiger charge is 2.37. The van der Waals surface area contributed by atoms with E-state index in [0.29, 0.717) is 12.0 Å². The first-order valence-corrected chi connectivity index (χ1v) is 8.48. The number of aryl methyl sites for hydroxylation is 2. The Hall–Kier alpha value is -2.62. The summed E-state index contributed by atoms with van der Waals surface area (Å²) in [7, 11) is 0. The van der Waals surface area contributed by atoms with E-state index in [9.17, 15) is 9.59 Å². The molecule has 1 aliphatic heterocycles. The smallest absolute Gasteiger partial charge is 0.259 e. The molecule has 0 radical (unpaired) electrons. The Morgan fingerprint density at radius 3 is 2.50 bits per heavy atom. The van der Waals surface area contributed by atoms with Gasteiger partial charge in [0.2, 0.25) is 5.91 Å². The molecule has 1 heterocycles. The minimum Gasteiger partial charge on any atom is -0.368 e. The van der Waals surface area contributed by atoms with E-state index >= 15 is 0 Å². The molecule has 122 valence electrons. The van der Waals surface area contributed by atoms with Crippen LogP contribution >= 0.6 is 0 Å². The molecule has 1 atom stereocenters. The molecule has 0 fully saturated rings. The van der Waals surface area contributed by atoms with E-state index in [1.54, 1.807) is 4.90 Å². The molecule has 2 aromatic carbocycles. The molecule has 4 rings (SSSR count). The van der Waals surface area contributed by atoms with Crippen molar-refractivity contribution in [2.75, 3.05) is 4.90 Å². The molecule has 0 saturated heterocycles. The van der Waals surface area contributed by atoms with Gasteiger partial charge in [0.1, 0.15) is 6.04 Å². The first-order valence-electron chi connectivity index (χ1n) is 8.48. The minimum absolute atomic E-state index is 0.142. The monoisotopic (exact) mass is 320 g/mol. The molecule has 0 bridgehead atoms. The fourth-order valence-electron chi connectivity index (χ4n) is 3.87. The quantitative estimate of drug-likeness (QED) is 0.924. The summed E-state index contributed by atoms with van der Waals surface area (Å²) in [5.74, 6) is -0.602. The Balaban J connectivity index is 1.73. The zero-order valence-corrected chi connectivity index (χ0v) is 13.5. The van der Waals surface area contributed by atoms with Crippen molar-refractivity contribution in [1.82, 2.24) is 0 Å². The number of carbonyl (C=O) groups excluding carboxylic acids is 2. The van der Waals surface area contributed by atoms with Crippen LogP contribution in [0.4, 0.5) is 5.69 Å². The number of carbonyl (C=O) groups is 2. The summed E-state index contributed by atoms with van der Waals surface area (Å²) >= 11 is 0. The van der Waals surface area contributed by atoms with Crippen LogP contribution in [0, 0.1) is 0 Å². The Kier molecular flexibility index (Phi) is 3.60. The van der Waals surface area contributed by atoms with Crippen LogP contribution in [0.3, 0.4) is 0 Å². The number of benzene rings is 2. The van der Waals surface area contributed by atoms with Gasteiger partial charge >= 0.3 is 0 Å². The predicted octanol–water partition coefficient (Wildman–Crippen LogP) is 2.62. The molecule has 4 heteroatoms. The van der Waals surface area contributed by atoms with Crippen molar-refractivity contribution in [3.05, 3.63) is 64.7 Å². The molecule has 0 unspecified atom stereocenters. The average Bonchev–Trinajstić information content (AvgIpc) is 3.00. The van der Waals surface area contributed by atoms with Gasteiger partial charge in [-0.15, -0.1) is 0 Å². The first kappa shape index (κ1) is 14.9. The maximum absolute atomic E-state index is 13.1. The van der Waals surface area contributed by atoms with E-state index in [1.165, 1.54) is 24.0 Å². The maximum atomic E-state index is 13.1. The summed E-state index contributed by atoms with van der Waals surface area (Å²) in [4.78, 5) is 26.6. The molecule has 0 aromatic heterocycles. The first-order chi connectivity index (χ1) is 11.6. The van der Waals surface area contributed by atoms with Crippen molar-refractivity contribution < 1.29 is 9.59 Å². The zero-order chi connectivity index (χ0) is 16.7. The minimum atomic E-state index is -0.606. The molecule has 2 N–H and O–H groups in total. The van der Waals surface area contributed by atoms with Gasteiger partial charge in [0.15, 0.2) is 0 Å². The second-order valence-electron chi connectivity index (χ2n) is 6.62. The lowest BCUT2D eigenvalue weighted by atomic mass is 9.90. The second-order valence-corrected chi connectivity index (χ2v) is 6.62. The number of rotatable bonds is 2. The second kappa shape index (κ2) is 5.78. The van der Waals surface area contributed by atoms with Crippen LogP contribution in [0.25, 0.3) is 0 Å². The predicted molar refractivity (Wildman–Crippen MR) is 93.0 cm³/mol. The summed E-state index contributed by atoms with van der Waals surface area (Å²) in [5, 5.41) is 0. The lowest BCUT2D eigenvalue weighted by Gasteiger charge is -2.24. The molecule has 2 aliphatic rings. The molecule has 2 amide bonds. The van der Waals surface area contributed by atoms with E-state index in [4.69, 9.17) is 5.73 Å². The number of fused-ring (bicyclic) bond motifs is 2. The summed E-state index contributed by atoms with van der Waals surface area (Å²) in [5.41, 5.74) is 10.6. The van der Waals surface area contributed by atoms with Crippen molar-refractivity contribution in [2.45, 2.75) is 38.1 Å². The molecule has 0 saturated carbocycles. The topological polar surface area (TPSA) is 63.4 Å². The number of anilines is 1. The summed E-state index contributed by atoms with van der Waals surface area (Å²) in [6, 6.07) is 13.0. The number of hydrogen-bond acceptors (Lipinski definition) is 2. The van der Waals surface area contributed by atoms with Crippen molar-refractivity contribution >= 4 is 17.5 Å². The lowest BCUT2D eigenvalue weighted by Crippen LogP contribution is -2.46. The van der Waals surface area contributed by atoms with Crippen LogP contribution < -0.4 is 10.6 Å². The molecule has 4 nitrogen and oxygen atoms in total. The average molecular weight is 320 g/mol. The van der Waals surface area contributed by atoms with Crippen LogP contribution in [0.15, 0.2) is 42.5 Å². The number of hydrogen-bond donors (Lipinski definition) is 1. The van der Waals surface area contributed by atoms with Gasteiger partial charge in [0, 0.05) is 17.7 Å². The Morgan fingerprint density at radius 2 is 1.71 bits per heavy atom. The number of primary amides is 1. The van der Waals surface area contributed by atoms with Gasteiger partial charge in [-0.1, -0.05) is 24.3 Å². The molecule has 1 aliphatic carbocycles. The van der Waals surface area contributed by atoms with E-state index < -0.39 is 11.9 Å². The van der Waals surface area contributed by atoms with Crippen LogP contribution in [0.5, 0.6) is 0 Å². The van der Waals surface area contributed by atoms with Gasteiger partial charge in [-0.25, -0.2) is 0 Å². The Morgan fingerprint density at radius 1 is 0.958 bits per heavy atom. The fourth-order valence-corrected chi connectivity index (χ4v) is 3.87. The molecule has 24 heavy (non-hydrogen) atoms. The molecular formula is C20H20N2O2. The van der Waals surface area contributed by atoms with Crippen LogP contribution in [-0.2, 0) is 24.1 Å². The normalized spacial score (nSPS) is 18.8. The SMILES string of the molecule is NC(=O)[C@@H]1Cc2ccccc2N1C(=O)c1ccc2c(c1)CCCC2. The highest BCUT2D eigenvalue weighted by Crippen LogP contribution is 2.33. The highest BCUT2D eigenvalue weighted by molar-refractivity contribution is 6.11. The summed E-state index contributed by atoms with van der Waals surface area (Å²) in [6.07, 6.45) is 4.97. The van der Waals surface area contributed by atoms with Crippen LogP contribution in [-0.4, -0.2) is 17.9 Å². The van der Waals surface area contributed by atoms with E-state index in [2.05, 4.69) is 6.07 Å². The lowest BCUT2D eigenvalue weighted by molar-refractivity contribution is -0.119. The molecule has 0 spiro atoms. The van der Waals surface area contributed by atoms with E-state index in [-0.39, 0.29) is 5.91 Å². The largest absolute Gasteiger partial charge is 0.368 e. The van der Waals surface area contributed by atoms with Gasteiger partial charge in [0.25, 0.3) is 5.91 Å². The number of nitrogens with zero attached hydrogens (tertiary/aromatic N) is 1. The number of para-hydroxylation sites is 1. The number of amides is 2. The Bertz CT molecular complexity index is 828. The molecular weight excluding hydrogens is 300 g/mol. The third-order valence-corrected chi connectivity index (χ3v) is 5.12. The van der Waals surface area contributed by atoms with Gasteiger partial charge in [-0.2, -0.15) is 0 Å². The van der Waals surface area contributed by atoms with E-state index in [0.717, 1.165) is 24.1 Å². The van der Waals surface area contributed by atoms with Crippen molar-refractivity contribution in [3.63, 3.8) is 0 Å². The third-order valence-electron chi connectivity index (χ3n) is 5.12. The molecule has 2 aromatic rings. The van der Waals surface area contributed by atoms with E-state index in [1.807, 2.05) is 36.4 Å². The Labute approximate surface area is 141 Å². The number of nitrogens with two attached hydrogens (primary N) is 1. The summed E-state index contributed by atoms with van der Waals surface area (Å²) < 4.78 is 0. The standard InChI is InChI=1S/C20H20N2O2/c21-19(23)18-12-15-7-3-4-8-17(15)22(18)20(24)16-10-9-13-5-1-2-6-14(13)11-16/h3-4,7-11,18H,1-2,5-6,12H2,(H2,21,23)/t18-/m0/s1. The van der Waals surface area contributed by atoms with Crippen molar-refractivity contribution in [3.8, 4) is 0 Å². The summed E-state index contributed by atoms with van der Waals surface area (Å²) in [6.45, 7) is 0. The fraction of sp³-hybridized carbons (Fsp3) is 0.300. The highest BCUT2D eigenvalue weighted by atomic mass is 16.2. The van der Waals surface area contributed by atoms with Crippen LogP contribution in [0.2, 0.25) is 0 Å². The van der Waals surface area contributed by atoms with Gasteiger partial charge < -0.3 is 5.73 Å². The zero-order valence-electron chi connectivity index (χ0n) is 13.5.